The summed E-state index contributed by atoms with van der Waals surface area (Å²) in [7, 11) is -1.75. The number of piperidine rings is 1. The maximum absolute atomic E-state index is 13.1. The fourth-order valence-corrected chi connectivity index (χ4v) is 5.71. The number of methoxy groups -OCH3 is 1. The van der Waals surface area contributed by atoms with Gasteiger partial charge in [-0.15, -0.1) is 0 Å². The Balaban J connectivity index is 1.85. The van der Waals surface area contributed by atoms with Gasteiger partial charge < -0.3 is 4.74 Å². The molecule has 128 valence electrons. The Kier molecular flexibility index (Phi) is 4.94. The van der Waals surface area contributed by atoms with E-state index in [2.05, 4.69) is 6.92 Å². The van der Waals surface area contributed by atoms with E-state index in [0.717, 1.165) is 37.0 Å². The number of ether oxygens (including phenoxy) is 1. The van der Waals surface area contributed by atoms with Gasteiger partial charge in [0.25, 0.3) is 10.2 Å². The van der Waals surface area contributed by atoms with Crippen molar-refractivity contribution < 1.29 is 13.2 Å². The molecule has 0 aromatic heterocycles. The highest BCUT2D eigenvalue weighted by Gasteiger charge is 2.39. The molecular formula is C17H26N2O3S. The van der Waals surface area contributed by atoms with Crippen molar-refractivity contribution in [3.05, 3.63) is 29.8 Å². The van der Waals surface area contributed by atoms with Gasteiger partial charge in [-0.3, -0.25) is 0 Å². The van der Waals surface area contributed by atoms with E-state index in [-0.39, 0.29) is 6.04 Å². The molecule has 2 heterocycles. The molecule has 3 rings (SSSR count). The third-order valence-electron chi connectivity index (χ3n) is 4.92. The van der Waals surface area contributed by atoms with Crippen molar-refractivity contribution >= 4 is 10.2 Å². The van der Waals surface area contributed by atoms with Gasteiger partial charge >= 0.3 is 0 Å². The fraction of sp³-hybridized carbons (Fsp3) is 0.647. The molecule has 2 aliphatic heterocycles. The van der Waals surface area contributed by atoms with Crippen LogP contribution in [0.5, 0.6) is 5.75 Å². The summed E-state index contributed by atoms with van der Waals surface area (Å²) in [6.07, 6.45) is 3.85. The quantitative estimate of drug-likeness (QED) is 0.848. The molecule has 2 fully saturated rings. The van der Waals surface area contributed by atoms with Gasteiger partial charge in [0.2, 0.25) is 0 Å². The summed E-state index contributed by atoms with van der Waals surface area (Å²) in [5, 5.41) is 0. The van der Waals surface area contributed by atoms with Crippen molar-refractivity contribution in [3.8, 4) is 5.75 Å². The number of hydrogen-bond acceptors (Lipinski definition) is 3. The van der Waals surface area contributed by atoms with Crippen LogP contribution in [0, 0.1) is 5.92 Å². The minimum Gasteiger partial charge on any atom is -0.497 e. The Morgan fingerprint density at radius 3 is 2.70 bits per heavy atom. The molecule has 2 aliphatic rings. The smallest absolute Gasteiger partial charge is 0.282 e. The Morgan fingerprint density at radius 2 is 1.96 bits per heavy atom. The molecule has 0 amide bonds. The highest BCUT2D eigenvalue weighted by Crippen LogP contribution is 2.37. The van der Waals surface area contributed by atoms with Crippen LogP contribution in [0.15, 0.2) is 24.3 Å². The number of hydrogen-bond donors (Lipinski definition) is 0. The first-order valence-corrected chi connectivity index (χ1v) is 9.83. The number of benzene rings is 1. The molecule has 6 heteroatoms. The lowest BCUT2D eigenvalue weighted by atomic mass is 10.0. The molecule has 2 atom stereocenters. The largest absolute Gasteiger partial charge is 0.497 e. The lowest BCUT2D eigenvalue weighted by Crippen LogP contribution is -2.47. The molecule has 1 aromatic rings. The standard InChI is InChI=1S/C17H26N2O3S/c1-14-6-4-10-18(13-14)23(20,21)19-11-5-9-17(19)15-7-3-8-16(12-15)22-2/h3,7-8,12,14,17H,4-6,9-11,13H2,1-2H3/t14-,17+/m0/s1. The van der Waals surface area contributed by atoms with Gasteiger partial charge in [-0.05, 0) is 49.3 Å². The summed E-state index contributed by atoms with van der Waals surface area (Å²) in [6.45, 7) is 4.03. The van der Waals surface area contributed by atoms with E-state index < -0.39 is 10.2 Å². The van der Waals surface area contributed by atoms with Crippen LogP contribution in [0.3, 0.4) is 0 Å². The van der Waals surface area contributed by atoms with E-state index in [1.165, 1.54) is 0 Å². The first-order chi connectivity index (χ1) is 11.0. The highest BCUT2D eigenvalue weighted by atomic mass is 32.2. The Bertz CT molecular complexity index is 647. The van der Waals surface area contributed by atoms with E-state index in [9.17, 15) is 8.42 Å². The van der Waals surface area contributed by atoms with Gasteiger partial charge in [-0.2, -0.15) is 17.0 Å². The predicted molar refractivity (Wildman–Crippen MR) is 90.6 cm³/mol. The summed E-state index contributed by atoms with van der Waals surface area (Å²) >= 11 is 0. The summed E-state index contributed by atoms with van der Waals surface area (Å²) in [5.74, 6) is 1.22. The minimum atomic E-state index is -3.39. The van der Waals surface area contributed by atoms with Crippen molar-refractivity contribution in [2.24, 2.45) is 5.92 Å². The predicted octanol–water partition coefficient (Wildman–Crippen LogP) is 2.81. The maximum Gasteiger partial charge on any atom is 0.282 e. The zero-order chi connectivity index (χ0) is 16.4. The van der Waals surface area contributed by atoms with Crippen LogP contribution in [0.2, 0.25) is 0 Å². The van der Waals surface area contributed by atoms with Crippen LogP contribution in [0.25, 0.3) is 0 Å². The summed E-state index contributed by atoms with van der Waals surface area (Å²) < 4.78 is 34.8. The monoisotopic (exact) mass is 338 g/mol. The molecule has 0 aliphatic carbocycles. The van der Waals surface area contributed by atoms with Crippen molar-refractivity contribution in [1.29, 1.82) is 0 Å². The van der Waals surface area contributed by atoms with Crippen LogP contribution in [-0.2, 0) is 10.2 Å². The van der Waals surface area contributed by atoms with Gasteiger partial charge in [-0.1, -0.05) is 19.1 Å². The molecule has 0 unspecified atom stereocenters. The average Bonchev–Trinajstić information content (AvgIpc) is 3.05. The first-order valence-electron chi connectivity index (χ1n) is 8.43. The van der Waals surface area contributed by atoms with E-state index in [4.69, 9.17) is 4.74 Å². The molecule has 0 N–H and O–H groups in total. The number of rotatable bonds is 4. The van der Waals surface area contributed by atoms with E-state index in [0.29, 0.717) is 25.6 Å². The van der Waals surface area contributed by atoms with Crippen LogP contribution in [-0.4, -0.2) is 43.8 Å². The lowest BCUT2D eigenvalue weighted by molar-refractivity contribution is 0.254. The summed E-state index contributed by atoms with van der Waals surface area (Å²) in [5.41, 5.74) is 1.02. The summed E-state index contributed by atoms with van der Waals surface area (Å²) in [4.78, 5) is 0. The van der Waals surface area contributed by atoms with Gasteiger partial charge in [0.15, 0.2) is 0 Å². The minimum absolute atomic E-state index is 0.0765. The summed E-state index contributed by atoms with van der Waals surface area (Å²) in [6, 6.07) is 7.70. The molecule has 5 nitrogen and oxygen atoms in total. The van der Waals surface area contributed by atoms with Gasteiger partial charge in [0.1, 0.15) is 5.75 Å². The van der Waals surface area contributed by atoms with Gasteiger partial charge in [-0.25, -0.2) is 0 Å². The second-order valence-corrected chi connectivity index (χ2v) is 8.54. The lowest BCUT2D eigenvalue weighted by Gasteiger charge is -2.35. The zero-order valence-electron chi connectivity index (χ0n) is 13.9. The molecule has 23 heavy (non-hydrogen) atoms. The third-order valence-corrected chi connectivity index (χ3v) is 6.94. The molecular weight excluding hydrogens is 312 g/mol. The topological polar surface area (TPSA) is 49.9 Å². The Morgan fingerprint density at radius 1 is 1.17 bits per heavy atom. The third kappa shape index (κ3) is 3.39. The highest BCUT2D eigenvalue weighted by molar-refractivity contribution is 7.86. The molecule has 0 saturated carbocycles. The SMILES string of the molecule is COc1cccc([C@H]2CCCN2S(=O)(=O)N2CCC[C@H](C)C2)c1. The van der Waals surface area contributed by atoms with Crippen LogP contribution in [0.1, 0.15) is 44.2 Å². The molecule has 0 bridgehead atoms. The second kappa shape index (κ2) is 6.79. The normalized spacial score (nSPS) is 27.2. The molecule has 1 aromatic carbocycles. The van der Waals surface area contributed by atoms with Gasteiger partial charge in [0, 0.05) is 19.6 Å². The van der Waals surface area contributed by atoms with Crippen LogP contribution >= 0.6 is 0 Å². The van der Waals surface area contributed by atoms with Gasteiger partial charge in [0.05, 0.1) is 13.2 Å². The van der Waals surface area contributed by atoms with E-state index >= 15 is 0 Å². The van der Waals surface area contributed by atoms with Crippen LogP contribution < -0.4 is 4.74 Å². The fourth-order valence-electron chi connectivity index (χ4n) is 3.70. The average molecular weight is 338 g/mol. The Labute approximate surface area is 139 Å². The van der Waals surface area contributed by atoms with E-state index in [1.807, 2.05) is 24.3 Å². The molecule has 0 radical (unpaired) electrons. The van der Waals surface area contributed by atoms with E-state index in [1.54, 1.807) is 15.7 Å². The zero-order valence-corrected chi connectivity index (χ0v) is 14.8. The molecule has 0 spiro atoms. The second-order valence-electron chi connectivity index (χ2n) is 6.66. The maximum atomic E-state index is 13.1. The molecule has 2 saturated heterocycles. The van der Waals surface area contributed by atoms with Crippen molar-refractivity contribution in [1.82, 2.24) is 8.61 Å². The van der Waals surface area contributed by atoms with Crippen molar-refractivity contribution in [2.75, 3.05) is 26.7 Å². The Hall–Kier alpha value is -1.11. The van der Waals surface area contributed by atoms with Crippen LogP contribution in [0.4, 0.5) is 0 Å². The van der Waals surface area contributed by atoms with Crippen molar-refractivity contribution in [2.45, 2.75) is 38.6 Å². The van der Waals surface area contributed by atoms with Crippen molar-refractivity contribution in [3.63, 3.8) is 0 Å². The number of nitrogens with zero attached hydrogens (tertiary/aromatic N) is 2. The first kappa shape index (κ1) is 16.7.